The van der Waals surface area contributed by atoms with Crippen LogP contribution in [0.4, 0.5) is 13.2 Å². The highest BCUT2D eigenvalue weighted by atomic mass is 32.2. The average Bonchev–Trinajstić information content (AvgIpc) is 2.61. The van der Waals surface area contributed by atoms with Crippen molar-refractivity contribution in [2.45, 2.75) is 46.8 Å². The first-order valence-corrected chi connectivity index (χ1v) is 10.5. The Balaban J connectivity index is 1.76. The summed E-state index contributed by atoms with van der Waals surface area (Å²) in [5.74, 6) is -0.233. The van der Waals surface area contributed by atoms with Gasteiger partial charge in [-0.3, -0.25) is 0 Å². The zero-order chi connectivity index (χ0) is 18.7. The Labute approximate surface area is 160 Å². The predicted octanol–water partition coefficient (Wildman–Crippen LogP) is 6.89. The first-order valence-electron chi connectivity index (χ1n) is 8.42. The quantitative estimate of drug-likeness (QED) is 0.508. The van der Waals surface area contributed by atoms with Gasteiger partial charge in [0.1, 0.15) is 5.82 Å². The highest BCUT2D eigenvalue weighted by Gasteiger charge is 2.35. The van der Waals surface area contributed by atoms with Crippen LogP contribution in [-0.4, -0.2) is 17.6 Å². The van der Waals surface area contributed by atoms with E-state index < -0.39 is 6.43 Å². The molecule has 0 amide bonds. The topological polar surface area (TPSA) is 9.23 Å². The Kier molecular flexibility index (Phi) is 6.25. The molecule has 0 aromatic heterocycles. The lowest BCUT2D eigenvalue weighted by molar-refractivity contribution is 0.00201. The van der Waals surface area contributed by atoms with E-state index in [1.165, 1.54) is 17.8 Å². The molecule has 2 aromatic carbocycles. The lowest BCUT2D eigenvalue weighted by atomic mass is 9.92. The Morgan fingerprint density at radius 1 is 1.19 bits per heavy atom. The van der Waals surface area contributed by atoms with Crippen LogP contribution < -0.4 is 0 Å². The molecular formula is C20H21F3OS2. The molecule has 1 fully saturated rings. The van der Waals surface area contributed by atoms with Crippen LogP contribution in [0.2, 0.25) is 0 Å². The molecule has 1 aliphatic heterocycles. The molecule has 1 saturated heterocycles. The van der Waals surface area contributed by atoms with Crippen LogP contribution in [0.15, 0.2) is 52.3 Å². The second-order valence-corrected chi connectivity index (χ2v) is 9.14. The fraction of sp³-hybridized carbons (Fsp3) is 0.400. The molecule has 3 rings (SSSR count). The Hall–Kier alpha value is -1.11. The summed E-state index contributed by atoms with van der Waals surface area (Å²) in [5.41, 5.74) is 0.866. The molecule has 0 spiro atoms. The summed E-state index contributed by atoms with van der Waals surface area (Å²) in [5, 5.41) is 0. The molecule has 2 aromatic rings. The summed E-state index contributed by atoms with van der Waals surface area (Å²) in [6.45, 7) is 2.68. The number of thioether (sulfide) groups is 2. The second kappa shape index (κ2) is 8.28. The van der Waals surface area contributed by atoms with Crippen molar-refractivity contribution >= 4 is 23.5 Å². The third-order valence-corrected chi connectivity index (χ3v) is 6.71. The third kappa shape index (κ3) is 4.59. The van der Waals surface area contributed by atoms with E-state index in [0.29, 0.717) is 17.9 Å². The molecular weight excluding hydrogens is 377 g/mol. The normalized spacial score (nSPS) is 23.4. The van der Waals surface area contributed by atoms with E-state index in [2.05, 4.69) is 6.92 Å². The summed E-state index contributed by atoms with van der Waals surface area (Å²) in [7, 11) is 0. The second-order valence-electron chi connectivity index (χ2n) is 6.63. The summed E-state index contributed by atoms with van der Waals surface area (Å²) in [6.07, 6.45) is 0.706. The van der Waals surface area contributed by atoms with Crippen LogP contribution in [0, 0.1) is 5.82 Å². The first-order chi connectivity index (χ1) is 12.4. The van der Waals surface area contributed by atoms with Crippen molar-refractivity contribution in [3.05, 3.63) is 59.4 Å². The summed E-state index contributed by atoms with van der Waals surface area (Å²) in [6, 6.07) is 11.8. The Morgan fingerprint density at radius 2 is 2.00 bits per heavy atom. The number of rotatable bonds is 5. The summed E-state index contributed by atoms with van der Waals surface area (Å²) in [4.78, 5) is 1.44. The van der Waals surface area contributed by atoms with E-state index in [1.54, 1.807) is 36.0 Å². The van der Waals surface area contributed by atoms with E-state index in [1.807, 2.05) is 18.4 Å². The van der Waals surface area contributed by atoms with Gasteiger partial charge in [-0.05, 0) is 55.9 Å². The zero-order valence-corrected chi connectivity index (χ0v) is 16.3. The number of hydrogen-bond acceptors (Lipinski definition) is 3. The predicted molar refractivity (Wildman–Crippen MR) is 102 cm³/mol. The summed E-state index contributed by atoms with van der Waals surface area (Å²) >= 11 is 2.97. The maximum atomic E-state index is 14.1. The molecule has 1 aliphatic rings. The molecule has 0 bridgehead atoms. The molecule has 1 heterocycles. The molecule has 140 valence electrons. The molecule has 2 unspecified atom stereocenters. The zero-order valence-electron chi connectivity index (χ0n) is 14.7. The van der Waals surface area contributed by atoms with Crippen molar-refractivity contribution in [3.63, 3.8) is 0 Å². The van der Waals surface area contributed by atoms with Gasteiger partial charge in [0.25, 0.3) is 6.43 Å². The van der Waals surface area contributed by atoms with Gasteiger partial charge in [0, 0.05) is 26.7 Å². The average molecular weight is 399 g/mol. The van der Waals surface area contributed by atoms with Crippen LogP contribution >= 0.6 is 23.5 Å². The maximum Gasteiger partial charge on any atom is 0.263 e. The van der Waals surface area contributed by atoms with Crippen LogP contribution in [-0.2, 0) is 4.74 Å². The first kappa shape index (κ1) is 19.6. The highest BCUT2D eigenvalue weighted by Crippen LogP contribution is 2.46. The third-order valence-electron chi connectivity index (χ3n) is 4.59. The summed E-state index contributed by atoms with van der Waals surface area (Å²) < 4.78 is 45.7. The SMILES string of the molecule is CSc1ccc(C2CC(C)(Sc3cccc(C(F)F)c3)CCO2)cc1F. The molecule has 0 aliphatic carbocycles. The van der Waals surface area contributed by atoms with Gasteiger partial charge in [0.2, 0.25) is 0 Å². The van der Waals surface area contributed by atoms with Crippen molar-refractivity contribution in [3.8, 4) is 0 Å². The molecule has 0 N–H and O–H groups in total. The van der Waals surface area contributed by atoms with Crippen molar-refractivity contribution in [1.82, 2.24) is 0 Å². The number of hydrogen-bond donors (Lipinski definition) is 0. The highest BCUT2D eigenvalue weighted by molar-refractivity contribution is 8.00. The molecule has 2 atom stereocenters. The van der Waals surface area contributed by atoms with E-state index in [-0.39, 0.29) is 22.2 Å². The van der Waals surface area contributed by atoms with Crippen LogP contribution in [0.1, 0.15) is 43.4 Å². The van der Waals surface area contributed by atoms with Crippen LogP contribution in [0.3, 0.4) is 0 Å². The van der Waals surface area contributed by atoms with Gasteiger partial charge >= 0.3 is 0 Å². The standard InChI is InChI=1S/C20H21F3OS2/c1-20(26-15-5-3-4-14(10-15)19(22)23)8-9-24-17(12-20)13-6-7-18(25-2)16(21)11-13/h3-7,10-11,17,19H,8-9,12H2,1-2H3. The molecule has 6 heteroatoms. The van der Waals surface area contributed by atoms with Gasteiger partial charge in [-0.15, -0.1) is 23.5 Å². The van der Waals surface area contributed by atoms with Gasteiger partial charge in [0.15, 0.2) is 0 Å². The largest absolute Gasteiger partial charge is 0.373 e. The molecule has 0 saturated carbocycles. The molecule has 0 radical (unpaired) electrons. The van der Waals surface area contributed by atoms with Crippen molar-refractivity contribution in [2.75, 3.05) is 12.9 Å². The van der Waals surface area contributed by atoms with Crippen molar-refractivity contribution in [1.29, 1.82) is 0 Å². The molecule has 26 heavy (non-hydrogen) atoms. The number of benzene rings is 2. The maximum absolute atomic E-state index is 14.1. The van der Waals surface area contributed by atoms with Crippen molar-refractivity contribution in [2.24, 2.45) is 0 Å². The fourth-order valence-corrected chi connectivity index (χ4v) is 4.95. The van der Waals surface area contributed by atoms with E-state index in [4.69, 9.17) is 4.74 Å². The van der Waals surface area contributed by atoms with Gasteiger partial charge in [-0.1, -0.05) is 18.2 Å². The smallest absolute Gasteiger partial charge is 0.263 e. The number of ether oxygens (including phenoxy) is 1. The van der Waals surface area contributed by atoms with E-state index in [9.17, 15) is 13.2 Å². The monoisotopic (exact) mass is 398 g/mol. The number of alkyl halides is 2. The van der Waals surface area contributed by atoms with Crippen molar-refractivity contribution < 1.29 is 17.9 Å². The minimum atomic E-state index is -2.47. The Morgan fingerprint density at radius 3 is 2.69 bits per heavy atom. The van der Waals surface area contributed by atoms with Gasteiger partial charge in [-0.2, -0.15) is 0 Å². The number of halogens is 3. The van der Waals surface area contributed by atoms with Gasteiger partial charge in [-0.25, -0.2) is 13.2 Å². The fourth-order valence-electron chi connectivity index (χ4n) is 3.16. The van der Waals surface area contributed by atoms with Crippen LogP contribution in [0.25, 0.3) is 0 Å². The lowest BCUT2D eigenvalue weighted by Gasteiger charge is -2.38. The van der Waals surface area contributed by atoms with E-state index in [0.717, 1.165) is 16.9 Å². The minimum absolute atomic E-state index is 0.0388. The van der Waals surface area contributed by atoms with E-state index >= 15 is 0 Å². The van der Waals surface area contributed by atoms with Crippen LogP contribution in [0.5, 0.6) is 0 Å². The lowest BCUT2D eigenvalue weighted by Crippen LogP contribution is -2.31. The minimum Gasteiger partial charge on any atom is -0.373 e. The van der Waals surface area contributed by atoms with Gasteiger partial charge < -0.3 is 4.74 Å². The Bertz CT molecular complexity index is 768. The van der Waals surface area contributed by atoms with Gasteiger partial charge in [0.05, 0.1) is 6.10 Å². The molecule has 1 nitrogen and oxygen atoms in total.